The molecule has 0 bridgehead atoms. The van der Waals surface area contributed by atoms with Gasteiger partial charge < -0.3 is 34.3 Å². The summed E-state index contributed by atoms with van der Waals surface area (Å²) in [4.78, 5) is 36.5. The SMILES string of the molecule is CC(C)Oc1ccc2[nH]c(C(=O)N3C[C@@H](CCl)c4c3cc(O)c3[nH]c(C(=O)N5CCOCC5)cc43)cc2c1. The Balaban J connectivity index is 1.37. The number of benzene rings is 2. The molecule has 0 unspecified atom stereocenters. The number of hydrogen-bond donors (Lipinski definition) is 3. The quantitative estimate of drug-likeness (QED) is 0.323. The fraction of sp³-hybridized carbons (Fsp3) is 0.357. The first-order chi connectivity index (χ1) is 18.3. The number of hydrogen-bond acceptors (Lipinski definition) is 5. The Morgan fingerprint density at radius 1 is 1.11 bits per heavy atom. The molecule has 4 heterocycles. The molecule has 2 aliphatic heterocycles. The van der Waals surface area contributed by atoms with Gasteiger partial charge in [-0.3, -0.25) is 9.59 Å². The lowest BCUT2D eigenvalue weighted by Crippen LogP contribution is -2.40. The van der Waals surface area contributed by atoms with Crippen LogP contribution in [0.2, 0.25) is 0 Å². The van der Waals surface area contributed by atoms with Crippen molar-refractivity contribution in [2.45, 2.75) is 25.9 Å². The Morgan fingerprint density at radius 2 is 1.87 bits per heavy atom. The van der Waals surface area contributed by atoms with Gasteiger partial charge in [0.05, 0.1) is 30.5 Å². The minimum absolute atomic E-state index is 0.0278. The maximum Gasteiger partial charge on any atom is 0.274 e. The molecule has 6 rings (SSSR count). The van der Waals surface area contributed by atoms with Crippen LogP contribution < -0.4 is 9.64 Å². The number of phenolic OH excluding ortho intramolecular Hbond substituents is 1. The third kappa shape index (κ3) is 4.16. The number of alkyl halides is 1. The predicted molar refractivity (Wildman–Crippen MR) is 146 cm³/mol. The molecule has 38 heavy (non-hydrogen) atoms. The number of aromatic nitrogens is 2. The van der Waals surface area contributed by atoms with E-state index in [0.717, 1.165) is 22.2 Å². The van der Waals surface area contributed by atoms with E-state index in [2.05, 4.69) is 9.97 Å². The molecule has 3 N–H and O–H groups in total. The number of amides is 2. The minimum Gasteiger partial charge on any atom is -0.506 e. The number of aromatic hydroxyl groups is 1. The zero-order chi connectivity index (χ0) is 26.6. The van der Waals surface area contributed by atoms with Gasteiger partial charge in [-0.1, -0.05) is 0 Å². The van der Waals surface area contributed by atoms with Gasteiger partial charge >= 0.3 is 0 Å². The van der Waals surface area contributed by atoms with Gasteiger partial charge in [-0.15, -0.1) is 11.6 Å². The van der Waals surface area contributed by atoms with Crippen LogP contribution in [0.1, 0.15) is 46.3 Å². The molecule has 0 spiro atoms. The van der Waals surface area contributed by atoms with Crippen LogP contribution in [0.3, 0.4) is 0 Å². The molecule has 10 heteroatoms. The lowest BCUT2D eigenvalue weighted by Gasteiger charge is -2.26. The van der Waals surface area contributed by atoms with Gasteiger partial charge in [0.2, 0.25) is 0 Å². The summed E-state index contributed by atoms with van der Waals surface area (Å²) in [5, 5.41) is 12.5. The fourth-order valence-electron chi connectivity index (χ4n) is 5.44. The van der Waals surface area contributed by atoms with Crippen molar-refractivity contribution in [3.8, 4) is 11.5 Å². The Hall–Kier alpha value is -3.69. The van der Waals surface area contributed by atoms with Crippen molar-refractivity contribution in [3.63, 3.8) is 0 Å². The van der Waals surface area contributed by atoms with Crippen LogP contribution in [0.25, 0.3) is 21.8 Å². The molecule has 0 radical (unpaired) electrons. The van der Waals surface area contributed by atoms with E-state index in [-0.39, 0.29) is 35.5 Å². The highest BCUT2D eigenvalue weighted by atomic mass is 35.5. The number of rotatable bonds is 5. The highest BCUT2D eigenvalue weighted by Crippen LogP contribution is 2.46. The van der Waals surface area contributed by atoms with E-state index in [1.54, 1.807) is 21.9 Å². The molecule has 1 atom stereocenters. The van der Waals surface area contributed by atoms with E-state index >= 15 is 0 Å². The van der Waals surface area contributed by atoms with E-state index in [1.807, 2.05) is 38.1 Å². The number of aromatic amines is 2. The fourth-order valence-corrected chi connectivity index (χ4v) is 5.69. The third-order valence-corrected chi connectivity index (χ3v) is 7.54. The van der Waals surface area contributed by atoms with E-state index in [9.17, 15) is 14.7 Å². The first-order valence-corrected chi connectivity index (χ1v) is 13.3. The maximum absolute atomic E-state index is 13.7. The number of ether oxygens (including phenoxy) is 2. The van der Waals surface area contributed by atoms with Crippen molar-refractivity contribution in [1.29, 1.82) is 0 Å². The average molecular weight is 537 g/mol. The first kappa shape index (κ1) is 24.6. The summed E-state index contributed by atoms with van der Waals surface area (Å²) < 4.78 is 11.1. The number of nitrogens with one attached hydrogen (secondary N) is 2. The molecule has 2 aliphatic rings. The molecular weight excluding hydrogens is 508 g/mol. The van der Waals surface area contributed by atoms with Crippen molar-refractivity contribution in [2.75, 3.05) is 43.6 Å². The van der Waals surface area contributed by atoms with E-state index in [4.69, 9.17) is 21.1 Å². The van der Waals surface area contributed by atoms with Crippen molar-refractivity contribution >= 4 is 50.9 Å². The van der Waals surface area contributed by atoms with Gasteiger partial charge in [0.15, 0.2) is 0 Å². The zero-order valence-corrected chi connectivity index (χ0v) is 22.0. The van der Waals surface area contributed by atoms with Gasteiger partial charge in [0.25, 0.3) is 11.8 Å². The molecule has 0 aliphatic carbocycles. The van der Waals surface area contributed by atoms with Crippen molar-refractivity contribution in [2.24, 2.45) is 0 Å². The lowest BCUT2D eigenvalue weighted by atomic mass is 9.98. The summed E-state index contributed by atoms with van der Waals surface area (Å²) in [5.74, 6) is 0.472. The highest BCUT2D eigenvalue weighted by Gasteiger charge is 2.36. The van der Waals surface area contributed by atoms with Gasteiger partial charge in [0.1, 0.15) is 22.9 Å². The minimum atomic E-state index is -0.222. The van der Waals surface area contributed by atoms with Crippen molar-refractivity contribution in [1.82, 2.24) is 14.9 Å². The van der Waals surface area contributed by atoms with Crippen LogP contribution >= 0.6 is 11.6 Å². The van der Waals surface area contributed by atoms with Gasteiger partial charge in [-0.05, 0) is 49.7 Å². The number of halogens is 1. The molecule has 0 saturated carbocycles. The number of anilines is 1. The van der Waals surface area contributed by atoms with Crippen molar-refractivity contribution < 1.29 is 24.2 Å². The Labute approximate surface area is 224 Å². The van der Waals surface area contributed by atoms with E-state index < -0.39 is 0 Å². The molecule has 1 fully saturated rings. The number of nitrogens with zero attached hydrogens (tertiary/aromatic N) is 2. The standard InChI is InChI=1S/C28H29ClN4O5/c1-15(2)38-18-3-4-20-16(9-18)10-21(30-20)28(36)33-14-17(13-29)25-19-11-22(27(35)32-5-7-37-8-6-32)31-26(19)24(34)12-23(25)33/h3-4,9-12,15,17,30-31,34H,5-8,13-14H2,1-2H3/t17-/m1/s1. The first-order valence-electron chi connectivity index (χ1n) is 12.8. The normalized spacial score (nSPS) is 17.5. The number of morpholine rings is 1. The summed E-state index contributed by atoms with van der Waals surface area (Å²) in [6.45, 7) is 6.32. The van der Waals surface area contributed by atoms with Crippen molar-refractivity contribution in [3.05, 3.63) is 53.3 Å². The molecule has 2 aromatic heterocycles. The van der Waals surface area contributed by atoms with E-state index in [1.165, 1.54) is 0 Å². The monoisotopic (exact) mass is 536 g/mol. The maximum atomic E-state index is 13.7. The van der Waals surface area contributed by atoms with Gasteiger partial charge in [-0.2, -0.15) is 0 Å². The zero-order valence-electron chi connectivity index (χ0n) is 21.2. The van der Waals surface area contributed by atoms with Crippen LogP contribution in [0.15, 0.2) is 36.4 Å². The number of H-pyrrole nitrogens is 2. The Bertz CT molecular complexity index is 1550. The van der Waals surface area contributed by atoms with Gasteiger partial charge in [-0.25, -0.2) is 0 Å². The molecular formula is C28H29ClN4O5. The van der Waals surface area contributed by atoms with Gasteiger partial charge in [0, 0.05) is 53.8 Å². The lowest BCUT2D eigenvalue weighted by molar-refractivity contribution is 0.0299. The molecule has 2 amide bonds. The molecule has 2 aromatic carbocycles. The van der Waals surface area contributed by atoms with E-state index in [0.29, 0.717) is 60.8 Å². The number of phenols is 1. The number of carbonyl (C=O) groups is 2. The predicted octanol–water partition coefficient (Wildman–Crippen LogP) is 4.60. The summed E-state index contributed by atoms with van der Waals surface area (Å²) in [5.41, 5.74) is 3.55. The topological polar surface area (TPSA) is 111 Å². The number of fused-ring (bicyclic) bond motifs is 4. The molecule has 9 nitrogen and oxygen atoms in total. The highest BCUT2D eigenvalue weighted by molar-refractivity contribution is 6.19. The summed E-state index contributed by atoms with van der Waals surface area (Å²) in [6.07, 6.45) is 0.0451. The molecule has 1 saturated heterocycles. The molecule has 198 valence electrons. The molecule has 4 aromatic rings. The van der Waals surface area contributed by atoms with Crippen LogP contribution in [0.5, 0.6) is 11.5 Å². The average Bonchev–Trinajstić information content (AvgIpc) is 3.63. The van der Waals surface area contributed by atoms with Crippen LogP contribution in [-0.4, -0.2) is 76.6 Å². The largest absolute Gasteiger partial charge is 0.506 e. The van der Waals surface area contributed by atoms with Crippen LogP contribution in [0, 0.1) is 0 Å². The second kappa shape index (κ2) is 9.56. The van der Waals surface area contributed by atoms with Crippen LogP contribution in [0.4, 0.5) is 5.69 Å². The summed E-state index contributed by atoms with van der Waals surface area (Å²) in [6, 6.07) is 10.8. The van der Waals surface area contributed by atoms with Crippen LogP contribution in [-0.2, 0) is 4.74 Å². The Kier molecular flexibility index (Phi) is 6.20. The summed E-state index contributed by atoms with van der Waals surface area (Å²) >= 11 is 6.38. The summed E-state index contributed by atoms with van der Waals surface area (Å²) in [7, 11) is 0. The third-order valence-electron chi connectivity index (χ3n) is 7.17. The number of carbonyl (C=O) groups excluding carboxylic acids is 2. The second-order valence-corrected chi connectivity index (χ2v) is 10.4. The second-order valence-electron chi connectivity index (χ2n) is 10.1. The Morgan fingerprint density at radius 3 is 2.61 bits per heavy atom. The smallest absolute Gasteiger partial charge is 0.274 e.